The molecule has 0 aromatic heterocycles. The third-order valence-corrected chi connectivity index (χ3v) is 8.47. The summed E-state index contributed by atoms with van der Waals surface area (Å²) < 4.78 is 47.3. The highest BCUT2D eigenvalue weighted by atomic mass is 16.7. The van der Waals surface area contributed by atoms with Crippen LogP contribution in [0.15, 0.2) is 0 Å². The van der Waals surface area contributed by atoms with E-state index < -0.39 is 113 Å². The predicted molar refractivity (Wildman–Crippen MR) is 143 cm³/mol. The van der Waals surface area contributed by atoms with Gasteiger partial charge in [0.1, 0.15) is 35.9 Å². The lowest BCUT2D eigenvalue weighted by Crippen LogP contribution is -2.84. The van der Waals surface area contributed by atoms with Crippen LogP contribution in [0, 0.1) is 17.3 Å². The van der Waals surface area contributed by atoms with E-state index in [2.05, 4.69) is 0 Å². The van der Waals surface area contributed by atoms with Gasteiger partial charge in [-0.25, -0.2) is 0 Å². The van der Waals surface area contributed by atoms with Crippen LogP contribution < -0.4 is 0 Å². The fourth-order valence-electron chi connectivity index (χ4n) is 7.53. The lowest BCUT2D eigenvalue weighted by atomic mass is 9.46. The van der Waals surface area contributed by atoms with Crippen LogP contribution in [0.2, 0.25) is 0 Å². The van der Waals surface area contributed by atoms with E-state index >= 15 is 0 Å². The van der Waals surface area contributed by atoms with Gasteiger partial charge in [-0.1, -0.05) is 6.92 Å². The molecule has 2 bridgehead atoms. The van der Waals surface area contributed by atoms with E-state index in [9.17, 15) is 33.6 Å². The van der Waals surface area contributed by atoms with Gasteiger partial charge in [0.05, 0.1) is 11.5 Å². The number of hydrogen-bond donors (Lipinski definition) is 0. The molecule has 2 saturated carbocycles. The summed E-state index contributed by atoms with van der Waals surface area (Å²) in [6.45, 7) is 11.7. The van der Waals surface area contributed by atoms with Crippen LogP contribution in [0.3, 0.4) is 0 Å². The lowest BCUT2D eigenvalue weighted by Gasteiger charge is -2.65. The number of fused-ring (bicyclic) bond motifs is 1. The molecule has 3 rings (SSSR count). The van der Waals surface area contributed by atoms with Gasteiger partial charge in [0, 0.05) is 54.4 Å². The largest absolute Gasteiger partial charge is 0.465 e. The van der Waals surface area contributed by atoms with Crippen LogP contribution >= 0.6 is 0 Å². The molecule has 10 unspecified atom stereocenters. The summed E-state index contributed by atoms with van der Waals surface area (Å²) >= 11 is 0. The highest BCUT2D eigenvalue weighted by Crippen LogP contribution is 2.69. The maximum Gasteiger partial charge on any atom is 0.303 e. The molecule has 0 radical (unpaired) electrons. The Hall–Kier alpha value is -3.75. The van der Waals surface area contributed by atoms with Crippen molar-refractivity contribution in [2.45, 2.75) is 117 Å². The summed E-state index contributed by atoms with van der Waals surface area (Å²) in [4.78, 5) is 88.2. The van der Waals surface area contributed by atoms with Gasteiger partial charge in [-0.15, -0.1) is 0 Å². The minimum absolute atomic E-state index is 0.745. The van der Waals surface area contributed by atoms with Gasteiger partial charge in [-0.05, 0) is 13.8 Å². The summed E-state index contributed by atoms with van der Waals surface area (Å²) in [6, 6.07) is 0. The molecule has 3 fully saturated rings. The van der Waals surface area contributed by atoms with Crippen molar-refractivity contribution in [1.29, 1.82) is 0 Å². The molecular weight excluding hydrogens is 588 g/mol. The molecule has 44 heavy (non-hydrogen) atoms. The zero-order valence-corrected chi connectivity index (χ0v) is 26.4. The van der Waals surface area contributed by atoms with Gasteiger partial charge in [0.15, 0.2) is 18.3 Å². The van der Waals surface area contributed by atoms with Crippen molar-refractivity contribution >= 4 is 41.8 Å². The smallest absolute Gasteiger partial charge is 0.303 e. The molecule has 10 atom stereocenters. The highest BCUT2D eigenvalue weighted by molar-refractivity contribution is 5.71. The van der Waals surface area contributed by atoms with Gasteiger partial charge in [0.25, 0.3) is 0 Å². The highest BCUT2D eigenvalue weighted by Gasteiger charge is 2.87. The topological polar surface area (TPSA) is 193 Å². The van der Waals surface area contributed by atoms with E-state index in [1.165, 1.54) is 0 Å². The quantitative estimate of drug-likeness (QED) is 0.272. The molecule has 1 heterocycles. The number of hydrogen-bond acceptors (Lipinski definition) is 15. The van der Waals surface area contributed by atoms with E-state index in [0.29, 0.717) is 0 Å². The summed E-state index contributed by atoms with van der Waals surface area (Å²) in [6.07, 6.45) is -9.21. The molecule has 0 aromatic carbocycles. The predicted octanol–water partition coefficient (Wildman–Crippen LogP) is 0.953. The number of esters is 7. The summed E-state index contributed by atoms with van der Waals surface area (Å²) in [5, 5.41) is 0. The average Bonchev–Trinajstić information content (AvgIpc) is 3.03. The Bertz CT molecular complexity index is 1230. The van der Waals surface area contributed by atoms with E-state index in [4.69, 9.17) is 37.9 Å². The normalized spacial score (nSPS) is 36.5. The van der Waals surface area contributed by atoms with E-state index in [0.717, 1.165) is 48.5 Å². The second-order valence-corrected chi connectivity index (χ2v) is 11.9. The maximum absolute atomic E-state index is 12.8. The second-order valence-electron chi connectivity index (χ2n) is 11.9. The molecular formula is C29H40O15. The number of ether oxygens (including phenoxy) is 8. The summed E-state index contributed by atoms with van der Waals surface area (Å²) in [5.74, 6) is -8.00. The van der Waals surface area contributed by atoms with Crippen molar-refractivity contribution in [3.05, 3.63) is 0 Å². The summed E-state index contributed by atoms with van der Waals surface area (Å²) in [7, 11) is 0. The first-order chi connectivity index (χ1) is 20.2. The van der Waals surface area contributed by atoms with Crippen molar-refractivity contribution in [3.63, 3.8) is 0 Å². The van der Waals surface area contributed by atoms with Crippen LogP contribution in [0.5, 0.6) is 0 Å². The third-order valence-electron chi connectivity index (χ3n) is 8.47. The first kappa shape index (κ1) is 34.7. The first-order valence-electron chi connectivity index (χ1n) is 14.1. The zero-order chi connectivity index (χ0) is 33.5. The van der Waals surface area contributed by atoms with Crippen molar-refractivity contribution < 1.29 is 71.5 Å². The Morgan fingerprint density at radius 1 is 0.545 bits per heavy atom. The number of carbonyl (C=O) groups excluding carboxylic acids is 7. The van der Waals surface area contributed by atoms with Gasteiger partial charge in [-0.3, -0.25) is 33.6 Å². The molecule has 3 aliphatic rings. The Morgan fingerprint density at radius 2 is 0.932 bits per heavy atom. The van der Waals surface area contributed by atoms with E-state index in [1.54, 1.807) is 20.8 Å². The lowest BCUT2D eigenvalue weighted by molar-refractivity contribution is -0.348. The Balaban J connectivity index is 2.62. The minimum Gasteiger partial charge on any atom is -0.465 e. The maximum atomic E-state index is 12.8. The molecule has 0 amide bonds. The molecule has 1 aliphatic heterocycles. The van der Waals surface area contributed by atoms with Gasteiger partial charge < -0.3 is 37.9 Å². The second kappa shape index (κ2) is 12.3. The molecule has 15 heteroatoms. The fourth-order valence-corrected chi connectivity index (χ4v) is 7.53. The molecule has 15 nitrogen and oxygen atoms in total. The minimum atomic E-state index is -2.11. The summed E-state index contributed by atoms with van der Waals surface area (Å²) in [5.41, 5.74) is -5.42. The Morgan fingerprint density at radius 3 is 1.36 bits per heavy atom. The van der Waals surface area contributed by atoms with Crippen LogP contribution in [0.1, 0.15) is 69.2 Å². The van der Waals surface area contributed by atoms with Crippen LogP contribution in [-0.2, 0) is 71.5 Å². The monoisotopic (exact) mass is 628 g/mol. The van der Waals surface area contributed by atoms with E-state index in [1.807, 2.05) is 0 Å². The Labute approximate surface area is 254 Å². The van der Waals surface area contributed by atoms with Crippen molar-refractivity contribution in [2.24, 2.45) is 17.3 Å². The molecule has 1 saturated heterocycles. The first-order valence-corrected chi connectivity index (χ1v) is 14.1. The van der Waals surface area contributed by atoms with Gasteiger partial charge in [0.2, 0.25) is 0 Å². The van der Waals surface area contributed by atoms with Crippen molar-refractivity contribution in [1.82, 2.24) is 0 Å². The van der Waals surface area contributed by atoms with Crippen LogP contribution in [-0.4, -0.2) is 96.2 Å². The average molecular weight is 629 g/mol. The molecule has 1 spiro atoms. The molecule has 2 aliphatic carbocycles. The zero-order valence-electron chi connectivity index (χ0n) is 26.4. The van der Waals surface area contributed by atoms with Crippen LogP contribution in [0.4, 0.5) is 0 Å². The van der Waals surface area contributed by atoms with Gasteiger partial charge >= 0.3 is 41.8 Å². The molecule has 0 N–H and O–H groups in total. The number of carbonyl (C=O) groups is 7. The third kappa shape index (κ3) is 5.85. The molecule has 246 valence electrons. The Kier molecular flexibility index (Phi) is 9.73. The standard InChI is InChI=1S/C29H40O15/c1-12-21(38-14(3)31)23(40-16(5)33)26(43-19(8)36)28(11-37-13(2)30)25(42-18(7)35)22(39-15(4)32)20-24(41-17(6)34)29(12,28)44-27(20,9)10/h12,20-26H,11H2,1-10H3. The fraction of sp³-hybridized carbons (Fsp3) is 0.759. The van der Waals surface area contributed by atoms with Gasteiger partial charge in [-0.2, -0.15) is 0 Å². The molecule has 0 aromatic rings. The van der Waals surface area contributed by atoms with Crippen LogP contribution in [0.25, 0.3) is 0 Å². The van der Waals surface area contributed by atoms with Crippen molar-refractivity contribution in [3.8, 4) is 0 Å². The SMILES string of the molecule is CC(=O)OCC12C(OC(C)=O)C(OC(C)=O)C(OC(C)=O)C(C)C13OC(C)(C)C(C(OC(C)=O)C2OC(C)=O)C3OC(C)=O. The number of rotatable bonds is 8. The van der Waals surface area contributed by atoms with E-state index in [-0.39, 0.29) is 0 Å². The van der Waals surface area contributed by atoms with Crippen molar-refractivity contribution in [2.75, 3.05) is 6.61 Å².